The molecule has 5 heteroatoms. The summed E-state index contributed by atoms with van der Waals surface area (Å²) < 4.78 is 20.0. The predicted octanol–water partition coefficient (Wildman–Crippen LogP) is 4.28. The van der Waals surface area contributed by atoms with Crippen LogP contribution in [0.1, 0.15) is 11.1 Å². The molecule has 0 spiro atoms. The van der Waals surface area contributed by atoms with Crippen LogP contribution in [0.5, 0.6) is 5.75 Å². The minimum atomic E-state index is -0.306. The monoisotopic (exact) mass is 343 g/mol. The first-order valence-electron chi connectivity index (χ1n) is 5.66. The Morgan fingerprint density at radius 2 is 2.05 bits per heavy atom. The smallest absolute Gasteiger partial charge is 0.129 e. The second-order valence-corrected chi connectivity index (χ2v) is 5.27. The minimum absolute atomic E-state index is 0.124. The maximum Gasteiger partial charge on any atom is 0.129 e. The van der Waals surface area contributed by atoms with Gasteiger partial charge in [0.25, 0.3) is 0 Å². The first-order chi connectivity index (χ1) is 9.11. The summed E-state index contributed by atoms with van der Waals surface area (Å²) in [6, 6.07) is 10.0. The Kier molecular flexibility index (Phi) is 4.80. The first kappa shape index (κ1) is 14.3. The topological polar surface area (TPSA) is 35.2 Å². The zero-order chi connectivity index (χ0) is 13.8. The zero-order valence-electron chi connectivity index (χ0n) is 10.00. The van der Waals surface area contributed by atoms with E-state index in [0.29, 0.717) is 16.3 Å². The van der Waals surface area contributed by atoms with Crippen molar-refractivity contribution >= 4 is 27.5 Å². The van der Waals surface area contributed by atoms with Gasteiger partial charge in [-0.1, -0.05) is 33.6 Å². The summed E-state index contributed by atoms with van der Waals surface area (Å²) in [7, 11) is 0. The molecule has 19 heavy (non-hydrogen) atoms. The Hall–Kier alpha value is -1.10. The summed E-state index contributed by atoms with van der Waals surface area (Å²) >= 11 is 9.33. The molecule has 0 fully saturated rings. The Morgan fingerprint density at radius 1 is 1.26 bits per heavy atom. The van der Waals surface area contributed by atoms with E-state index in [1.165, 1.54) is 6.07 Å². The van der Waals surface area contributed by atoms with Gasteiger partial charge in [-0.2, -0.15) is 0 Å². The molecule has 0 bridgehead atoms. The molecule has 100 valence electrons. The van der Waals surface area contributed by atoms with Crippen molar-refractivity contribution < 1.29 is 9.13 Å². The van der Waals surface area contributed by atoms with E-state index in [-0.39, 0.29) is 19.0 Å². The normalized spacial score (nSPS) is 10.5. The van der Waals surface area contributed by atoms with Gasteiger partial charge in [0.05, 0.1) is 0 Å². The maximum atomic E-state index is 13.6. The Balaban J connectivity index is 2.19. The van der Waals surface area contributed by atoms with Crippen LogP contribution in [-0.2, 0) is 13.2 Å². The molecule has 0 aliphatic rings. The van der Waals surface area contributed by atoms with Crippen molar-refractivity contribution in [3.8, 4) is 5.75 Å². The lowest BCUT2D eigenvalue weighted by atomic mass is 10.2. The van der Waals surface area contributed by atoms with E-state index in [4.69, 9.17) is 22.1 Å². The van der Waals surface area contributed by atoms with Crippen LogP contribution in [0.3, 0.4) is 0 Å². The van der Waals surface area contributed by atoms with Gasteiger partial charge in [0.1, 0.15) is 18.2 Å². The van der Waals surface area contributed by atoms with Crippen molar-refractivity contribution in [3.05, 3.63) is 62.8 Å². The molecule has 0 radical (unpaired) electrons. The minimum Gasteiger partial charge on any atom is -0.488 e. The van der Waals surface area contributed by atoms with Crippen LogP contribution in [0.4, 0.5) is 4.39 Å². The van der Waals surface area contributed by atoms with Crippen LogP contribution >= 0.6 is 27.5 Å². The highest BCUT2D eigenvalue weighted by Gasteiger charge is 2.08. The molecule has 0 saturated carbocycles. The molecular weight excluding hydrogens is 333 g/mol. The second-order valence-electron chi connectivity index (χ2n) is 3.95. The first-order valence-corrected chi connectivity index (χ1v) is 6.83. The lowest BCUT2D eigenvalue weighted by Gasteiger charge is -2.12. The van der Waals surface area contributed by atoms with E-state index in [1.807, 2.05) is 0 Å². The number of rotatable bonds is 4. The molecule has 0 saturated heterocycles. The third-order valence-corrected chi connectivity index (χ3v) is 3.52. The number of benzene rings is 2. The fourth-order valence-electron chi connectivity index (χ4n) is 1.68. The van der Waals surface area contributed by atoms with Crippen LogP contribution in [0, 0.1) is 5.82 Å². The van der Waals surface area contributed by atoms with Crippen LogP contribution < -0.4 is 10.5 Å². The summed E-state index contributed by atoms with van der Waals surface area (Å²) in [5, 5.41) is 0.551. The Morgan fingerprint density at radius 3 is 2.79 bits per heavy atom. The van der Waals surface area contributed by atoms with Gasteiger partial charge >= 0.3 is 0 Å². The lowest BCUT2D eigenvalue weighted by molar-refractivity contribution is 0.296. The molecule has 2 N–H and O–H groups in total. The maximum absolute atomic E-state index is 13.6. The SMILES string of the molecule is NCc1c(Cl)cccc1OCc1cc(Br)ccc1F. The van der Waals surface area contributed by atoms with Gasteiger partial charge < -0.3 is 10.5 Å². The van der Waals surface area contributed by atoms with Crippen molar-refractivity contribution in [2.24, 2.45) is 5.73 Å². The Labute approximate surface area is 124 Å². The van der Waals surface area contributed by atoms with Crippen LogP contribution in [0.2, 0.25) is 5.02 Å². The van der Waals surface area contributed by atoms with E-state index < -0.39 is 0 Å². The van der Waals surface area contributed by atoms with Gasteiger partial charge in [-0.3, -0.25) is 0 Å². The van der Waals surface area contributed by atoms with Crippen LogP contribution in [0.25, 0.3) is 0 Å². The molecule has 2 rings (SSSR count). The van der Waals surface area contributed by atoms with Gasteiger partial charge in [0, 0.05) is 27.2 Å². The molecule has 0 aliphatic carbocycles. The van der Waals surface area contributed by atoms with E-state index in [0.717, 1.165) is 10.0 Å². The molecule has 0 aliphatic heterocycles. The zero-order valence-corrected chi connectivity index (χ0v) is 12.3. The third kappa shape index (κ3) is 3.47. The van der Waals surface area contributed by atoms with Gasteiger partial charge in [-0.25, -0.2) is 4.39 Å². The van der Waals surface area contributed by atoms with E-state index in [1.54, 1.807) is 30.3 Å². The number of hydrogen-bond acceptors (Lipinski definition) is 2. The summed E-state index contributed by atoms with van der Waals surface area (Å²) in [5.74, 6) is 0.272. The van der Waals surface area contributed by atoms with Crippen molar-refractivity contribution in [3.63, 3.8) is 0 Å². The van der Waals surface area contributed by atoms with E-state index in [9.17, 15) is 4.39 Å². The van der Waals surface area contributed by atoms with Crippen LogP contribution in [0.15, 0.2) is 40.9 Å². The van der Waals surface area contributed by atoms with Gasteiger partial charge in [-0.05, 0) is 30.3 Å². The third-order valence-electron chi connectivity index (χ3n) is 2.67. The fraction of sp³-hybridized carbons (Fsp3) is 0.143. The molecule has 2 nitrogen and oxygen atoms in total. The van der Waals surface area contributed by atoms with Crippen molar-refractivity contribution in [1.29, 1.82) is 0 Å². The quantitative estimate of drug-likeness (QED) is 0.898. The average molecular weight is 345 g/mol. The van der Waals surface area contributed by atoms with Crippen molar-refractivity contribution in [2.45, 2.75) is 13.2 Å². The Bertz CT molecular complexity index is 592. The van der Waals surface area contributed by atoms with Gasteiger partial charge in [0.2, 0.25) is 0 Å². The van der Waals surface area contributed by atoms with Gasteiger partial charge in [-0.15, -0.1) is 0 Å². The molecule has 2 aromatic carbocycles. The molecule has 0 amide bonds. The molecule has 0 atom stereocenters. The lowest BCUT2D eigenvalue weighted by Crippen LogP contribution is -2.04. The highest BCUT2D eigenvalue weighted by atomic mass is 79.9. The van der Waals surface area contributed by atoms with Crippen LogP contribution in [-0.4, -0.2) is 0 Å². The summed E-state index contributed by atoms with van der Waals surface area (Å²) in [5.41, 5.74) is 6.82. The summed E-state index contributed by atoms with van der Waals surface area (Å²) in [4.78, 5) is 0. The molecule has 2 aromatic rings. The number of halogens is 3. The number of hydrogen-bond donors (Lipinski definition) is 1. The molecule has 0 heterocycles. The molecular formula is C14H12BrClFNO. The molecule has 0 aromatic heterocycles. The van der Waals surface area contributed by atoms with E-state index in [2.05, 4.69) is 15.9 Å². The molecule has 0 unspecified atom stereocenters. The van der Waals surface area contributed by atoms with Crippen molar-refractivity contribution in [1.82, 2.24) is 0 Å². The number of ether oxygens (including phenoxy) is 1. The fourth-order valence-corrected chi connectivity index (χ4v) is 2.33. The predicted molar refractivity (Wildman–Crippen MR) is 77.8 cm³/mol. The largest absolute Gasteiger partial charge is 0.488 e. The standard InChI is InChI=1S/C14H12BrClFNO/c15-10-4-5-13(17)9(6-10)8-19-14-3-1-2-12(16)11(14)7-18/h1-6H,7-8,18H2. The summed E-state index contributed by atoms with van der Waals surface area (Å²) in [6.07, 6.45) is 0. The number of nitrogens with two attached hydrogens (primary N) is 1. The highest BCUT2D eigenvalue weighted by molar-refractivity contribution is 9.10. The van der Waals surface area contributed by atoms with Gasteiger partial charge in [0.15, 0.2) is 0 Å². The summed E-state index contributed by atoms with van der Waals surface area (Å²) in [6.45, 7) is 0.397. The highest BCUT2D eigenvalue weighted by Crippen LogP contribution is 2.27. The van der Waals surface area contributed by atoms with Crippen molar-refractivity contribution in [2.75, 3.05) is 0 Å². The van der Waals surface area contributed by atoms with E-state index >= 15 is 0 Å². The second kappa shape index (κ2) is 6.37. The average Bonchev–Trinajstić information content (AvgIpc) is 2.40.